The molecule has 0 saturated heterocycles. The molecule has 17 heavy (non-hydrogen) atoms. The zero-order valence-corrected chi connectivity index (χ0v) is 9.67. The topological polar surface area (TPSA) is 49.3 Å². The van der Waals surface area contributed by atoms with E-state index >= 15 is 0 Å². The summed E-state index contributed by atoms with van der Waals surface area (Å²) in [7, 11) is 0. The largest absolute Gasteiger partial charge is 0.396 e. The third-order valence-corrected chi connectivity index (χ3v) is 2.96. The Morgan fingerprint density at radius 1 is 1.29 bits per heavy atom. The van der Waals surface area contributed by atoms with Gasteiger partial charge >= 0.3 is 0 Å². The van der Waals surface area contributed by atoms with Gasteiger partial charge in [-0.15, -0.1) is 0 Å². The Labute approximate surface area is 101 Å². The molecule has 0 radical (unpaired) electrons. The summed E-state index contributed by atoms with van der Waals surface area (Å²) in [6, 6.07) is 9.76. The van der Waals surface area contributed by atoms with Crippen LogP contribution in [0.5, 0.6) is 0 Å². The predicted molar refractivity (Wildman–Crippen MR) is 66.4 cm³/mol. The molecule has 2 atom stereocenters. The molecule has 90 valence electrons. The van der Waals surface area contributed by atoms with Gasteiger partial charge in [0.2, 0.25) is 5.91 Å². The first-order valence-corrected chi connectivity index (χ1v) is 5.90. The molecule has 0 aromatic heterocycles. The Morgan fingerprint density at radius 2 is 2.06 bits per heavy atom. The fourth-order valence-electron chi connectivity index (χ4n) is 2.06. The molecule has 0 unspecified atom stereocenters. The quantitative estimate of drug-likeness (QED) is 0.767. The number of carbonyl (C=O) groups is 1. The minimum Gasteiger partial charge on any atom is -0.396 e. The Hall–Kier alpha value is -1.61. The second-order valence-corrected chi connectivity index (χ2v) is 4.40. The summed E-state index contributed by atoms with van der Waals surface area (Å²) >= 11 is 0. The van der Waals surface area contributed by atoms with Gasteiger partial charge in [-0.1, -0.05) is 42.5 Å². The van der Waals surface area contributed by atoms with Crippen molar-refractivity contribution in [2.75, 3.05) is 6.61 Å². The van der Waals surface area contributed by atoms with Crippen molar-refractivity contribution in [2.45, 2.75) is 18.9 Å². The standard InChI is InChI=1S/C14H17NO2/c16-10-12-6-7-13(8-12)15-14(17)9-11-4-2-1-3-5-11/h1-7,12-13,16H,8-10H2,(H,15,17)/t12-,13-/m1/s1. The summed E-state index contributed by atoms with van der Waals surface area (Å²) < 4.78 is 0. The van der Waals surface area contributed by atoms with Crippen molar-refractivity contribution in [1.82, 2.24) is 5.32 Å². The molecule has 3 heteroatoms. The fourth-order valence-corrected chi connectivity index (χ4v) is 2.06. The summed E-state index contributed by atoms with van der Waals surface area (Å²) in [4.78, 5) is 11.8. The van der Waals surface area contributed by atoms with Gasteiger partial charge in [0.1, 0.15) is 0 Å². The first-order chi connectivity index (χ1) is 8.28. The molecule has 1 aromatic rings. The normalized spacial score (nSPS) is 22.6. The van der Waals surface area contributed by atoms with Crippen molar-refractivity contribution in [1.29, 1.82) is 0 Å². The number of aliphatic hydroxyl groups excluding tert-OH is 1. The fraction of sp³-hybridized carbons (Fsp3) is 0.357. The minimum atomic E-state index is 0.0319. The zero-order valence-electron chi connectivity index (χ0n) is 9.67. The monoisotopic (exact) mass is 231 g/mol. The van der Waals surface area contributed by atoms with Crippen LogP contribution in [0.2, 0.25) is 0 Å². The molecule has 1 amide bonds. The van der Waals surface area contributed by atoms with Crippen molar-refractivity contribution in [3.8, 4) is 0 Å². The molecule has 1 aliphatic rings. The Bertz CT molecular complexity index is 400. The number of hydrogen-bond donors (Lipinski definition) is 2. The van der Waals surface area contributed by atoms with E-state index in [9.17, 15) is 4.79 Å². The van der Waals surface area contributed by atoms with Crippen LogP contribution < -0.4 is 5.32 Å². The summed E-state index contributed by atoms with van der Waals surface area (Å²) in [6.45, 7) is 0.154. The lowest BCUT2D eigenvalue weighted by Crippen LogP contribution is -2.34. The van der Waals surface area contributed by atoms with E-state index in [1.54, 1.807) is 0 Å². The molecule has 3 nitrogen and oxygen atoms in total. The Morgan fingerprint density at radius 3 is 2.71 bits per heavy atom. The number of rotatable bonds is 4. The number of benzene rings is 1. The lowest BCUT2D eigenvalue weighted by molar-refractivity contribution is -0.120. The second-order valence-electron chi connectivity index (χ2n) is 4.40. The van der Waals surface area contributed by atoms with Crippen molar-refractivity contribution >= 4 is 5.91 Å². The van der Waals surface area contributed by atoms with Gasteiger partial charge in [0.25, 0.3) is 0 Å². The van der Waals surface area contributed by atoms with Gasteiger partial charge in [0.15, 0.2) is 0 Å². The summed E-state index contributed by atoms with van der Waals surface area (Å²) in [5, 5.41) is 11.9. The van der Waals surface area contributed by atoms with E-state index in [1.165, 1.54) is 0 Å². The first kappa shape index (κ1) is 11.9. The van der Waals surface area contributed by atoms with E-state index in [-0.39, 0.29) is 24.5 Å². The Balaban J connectivity index is 1.81. The van der Waals surface area contributed by atoms with E-state index in [2.05, 4.69) is 5.32 Å². The number of carbonyl (C=O) groups excluding carboxylic acids is 1. The number of hydrogen-bond acceptors (Lipinski definition) is 2. The average Bonchev–Trinajstić information content (AvgIpc) is 2.78. The van der Waals surface area contributed by atoms with Crippen LogP contribution >= 0.6 is 0 Å². The van der Waals surface area contributed by atoms with Crippen LogP contribution in [0.4, 0.5) is 0 Å². The molecule has 1 aliphatic carbocycles. The molecule has 0 spiro atoms. The molecule has 0 aliphatic heterocycles. The van der Waals surface area contributed by atoms with Crippen LogP contribution in [0.1, 0.15) is 12.0 Å². The molecule has 1 aromatic carbocycles. The molecular weight excluding hydrogens is 214 g/mol. The predicted octanol–water partition coefficient (Wildman–Crippen LogP) is 1.28. The molecule has 0 heterocycles. The van der Waals surface area contributed by atoms with Crippen molar-refractivity contribution in [3.05, 3.63) is 48.0 Å². The van der Waals surface area contributed by atoms with Gasteiger partial charge in [-0.05, 0) is 12.0 Å². The smallest absolute Gasteiger partial charge is 0.224 e. The SMILES string of the molecule is O=C(Cc1ccccc1)N[C@@H]1C=C[C@@H](CO)C1. The van der Waals surface area contributed by atoms with Crippen molar-refractivity contribution in [2.24, 2.45) is 5.92 Å². The van der Waals surface area contributed by atoms with E-state index < -0.39 is 0 Å². The number of amides is 1. The van der Waals surface area contributed by atoms with Crippen LogP contribution in [0.25, 0.3) is 0 Å². The lowest BCUT2D eigenvalue weighted by Gasteiger charge is -2.12. The summed E-state index contributed by atoms with van der Waals surface area (Å²) in [6.07, 6.45) is 5.14. The van der Waals surface area contributed by atoms with E-state index in [4.69, 9.17) is 5.11 Å². The van der Waals surface area contributed by atoms with Crippen molar-refractivity contribution < 1.29 is 9.90 Å². The molecular formula is C14H17NO2. The second kappa shape index (κ2) is 5.64. The lowest BCUT2D eigenvalue weighted by atomic mass is 10.1. The van der Waals surface area contributed by atoms with Crippen LogP contribution in [0, 0.1) is 5.92 Å². The van der Waals surface area contributed by atoms with Gasteiger partial charge in [0, 0.05) is 18.6 Å². The first-order valence-electron chi connectivity index (χ1n) is 5.90. The zero-order chi connectivity index (χ0) is 12.1. The number of nitrogens with one attached hydrogen (secondary N) is 1. The highest BCUT2D eigenvalue weighted by Crippen LogP contribution is 2.17. The van der Waals surface area contributed by atoms with Crippen LogP contribution in [-0.4, -0.2) is 23.7 Å². The Kier molecular flexibility index (Phi) is 3.94. The molecule has 2 rings (SSSR count). The van der Waals surface area contributed by atoms with Crippen LogP contribution in [0.3, 0.4) is 0 Å². The van der Waals surface area contributed by atoms with E-state index in [1.807, 2.05) is 42.5 Å². The van der Waals surface area contributed by atoms with Crippen LogP contribution in [-0.2, 0) is 11.2 Å². The highest BCUT2D eigenvalue weighted by atomic mass is 16.3. The van der Waals surface area contributed by atoms with Gasteiger partial charge in [-0.3, -0.25) is 4.79 Å². The highest BCUT2D eigenvalue weighted by Gasteiger charge is 2.19. The third kappa shape index (κ3) is 3.43. The molecule has 2 N–H and O–H groups in total. The van der Waals surface area contributed by atoms with Gasteiger partial charge in [0.05, 0.1) is 6.42 Å². The molecule has 0 bridgehead atoms. The van der Waals surface area contributed by atoms with Crippen molar-refractivity contribution in [3.63, 3.8) is 0 Å². The summed E-state index contributed by atoms with van der Waals surface area (Å²) in [5.74, 6) is 0.224. The van der Waals surface area contributed by atoms with Gasteiger partial charge in [-0.25, -0.2) is 0 Å². The minimum absolute atomic E-state index is 0.0319. The highest BCUT2D eigenvalue weighted by molar-refractivity contribution is 5.79. The van der Waals surface area contributed by atoms with Crippen LogP contribution in [0.15, 0.2) is 42.5 Å². The van der Waals surface area contributed by atoms with Gasteiger partial charge in [-0.2, -0.15) is 0 Å². The average molecular weight is 231 g/mol. The van der Waals surface area contributed by atoms with Gasteiger partial charge < -0.3 is 10.4 Å². The maximum atomic E-state index is 11.8. The third-order valence-electron chi connectivity index (χ3n) is 2.96. The maximum absolute atomic E-state index is 11.8. The maximum Gasteiger partial charge on any atom is 0.224 e. The molecule has 0 saturated carbocycles. The van der Waals surface area contributed by atoms with E-state index in [0.717, 1.165) is 12.0 Å². The molecule has 0 fully saturated rings. The number of aliphatic hydroxyl groups is 1. The summed E-state index contributed by atoms with van der Waals surface area (Å²) in [5.41, 5.74) is 1.02. The van der Waals surface area contributed by atoms with E-state index in [0.29, 0.717) is 6.42 Å².